The van der Waals surface area contributed by atoms with Crippen molar-refractivity contribution < 1.29 is 4.79 Å². The lowest BCUT2D eigenvalue weighted by molar-refractivity contribution is -0.124. The molecule has 5 heteroatoms. The SMILES string of the molecule is Cc1nn(C)cc1[C@@H](C)NC(=O)[C@@H]1CCCCN1. The molecule has 1 aliphatic heterocycles. The molecule has 1 saturated heterocycles. The number of nitrogens with zero attached hydrogens (tertiary/aromatic N) is 2. The predicted octanol–water partition coefficient (Wildman–Crippen LogP) is 1.05. The molecule has 2 N–H and O–H groups in total. The van der Waals surface area contributed by atoms with Crippen molar-refractivity contribution in [2.24, 2.45) is 7.05 Å². The molecule has 18 heavy (non-hydrogen) atoms. The molecule has 0 aromatic carbocycles. The summed E-state index contributed by atoms with van der Waals surface area (Å²) in [5.41, 5.74) is 2.06. The zero-order valence-corrected chi connectivity index (χ0v) is 11.4. The molecule has 2 heterocycles. The van der Waals surface area contributed by atoms with E-state index in [2.05, 4.69) is 15.7 Å². The Morgan fingerprint density at radius 2 is 2.39 bits per heavy atom. The van der Waals surface area contributed by atoms with E-state index in [9.17, 15) is 4.79 Å². The number of aryl methyl sites for hydroxylation is 2. The van der Waals surface area contributed by atoms with E-state index in [4.69, 9.17) is 0 Å². The van der Waals surface area contributed by atoms with E-state index in [-0.39, 0.29) is 18.0 Å². The average molecular weight is 250 g/mol. The molecule has 100 valence electrons. The lowest BCUT2D eigenvalue weighted by Gasteiger charge is -2.24. The van der Waals surface area contributed by atoms with Crippen molar-refractivity contribution in [1.29, 1.82) is 0 Å². The fourth-order valence-electron chi connectivity index (χ4n) is 2.51. The third kappa shape index (κ3) is 2.90. The Morgan fingerprint density at radius 1 is 1.61 bits per heavy atom. The first-order chi connectivity index (χ1) is 8.58. The third-order valence-electron chi connectivity index (χ3n) is 3.50. The monoisotopic (exact) mass is 250 g/mol. The summed E-state index contributed by atoms with van der Waals surface area (Å²) in [6.07, 6.45) is 5.20. The lowest BCUT2D eigenvalue weighted by atomic mass is 10.0. The molecule has 0 saturated carbocycles. The fourth-order valence-corrected chi connectivity index (χ4v) is 2.51. The molecule has 0 radical (unpaired) electrons. The van der Waals surface area contributed by atoms with E-state index in [0.29, 0.717) is 0 Å². The Hall–Kier alpha value is -1.36. The highest BCUT2D eigenvalue weighted by Crippen LogP contribution is 2.16. The molecule has 1 aromatic rings. The van der Waals surface area contributed by atoms with Crippen LogP contribution in [0.15, 0.2) is 6.20 Å². The van der Waals surface area contributed by atoms with Gasteiger partial charge in [-0.2, -0.15) is 5.10 Å². The summed E-state index contributed by atoms with van der Waals surface area (Å²) in [7, 11) is 1.90. The minimum atomic E-state index is -0.0295. The maximum atomic E-state index is 12.1. The van der Waals surface area contributed by atoms with Crippen LogP contribution in [0.2, 0.25) is 0 Å². The molecule has 0 spiro atoms. The van der Waals surface area contributed by atoms with Gasteiger partial charge in [0.15, 0.2) is 0 Å². The second kappa shape index (κ2) is 5.52. The quantitative estimate of drug-likeness (QED) is 0.843. The first-order valence-corrected chi connectivity index (χ1v) is 6.62. The van der Waals surface area contributed by atoms with Crippen LogP contribution in [-0.4, -0.2) is 28.3 Å². The summed E-state index contributed by atoms with van der Waals surface area (Å²) in [5, 5.41) is 10.6. The van der Waals surface area contributed by atoms with E-state index in [0.717, 1.165) is 30.6 Å². The highest BCUT2D eigenvalue weighted by molar-refractivity contribution is 5.82. The topological polar surface area (TPSA) is 59.0 Å². The van der Waals surface area contributed by atoms with Gasteiger partial charge in [-0.05, 0) is 33.2 Å². The van der Waals surface area contributed by atoms with Crippen LogP contribution < -0.4 is 10.6 Å². The number of piperidine rings is 1. The van der Waals surface area contributed by atoms with Crippen LogP contribution in [0.1, 0.15) is 43.5 Å². The van der Waals surface area contributed by atoms with Crippen LogP contribution in [0, 0.1) is 6.92 Å². The van der Waals surface area contributed by atoms with Crippen LogP contribution in [0.5, 0.6) is 0 Å². The lowest BCUT2D eigenvalue weighted by Crippen LogP contribution is -2.47. The summed E-state index contributed by atoms with van der Waals surface area (Å²) in [5.74, 6) is 0.102. The van der Waals surface area contributed by atoms with E-state index < -0.39 is 0 Å². The number of hydrogen-bond acceptors (Lipinski definition) is 3. The van der Waals surface area contributed by atoms with Gasteiger partial charge in [-0.25, -0.2) is 0 Å². The van der Waals surface area contributed by atoms with Crippen LogP contribution in [0.25, 0.3) is 0 Å². The van der Waals surface area contributed by atoms with E-state index in [1.165, 1.54) is 6.42 Å². The molecule has 0 aliphatic carbocycles. The first kappa shape index (κ1) is 13.1. The minimum absolute atomic E-state index is 0.00919. The summed E-state index contributed by atoms with van der Waals surface area (Å²) in [4.78, 5) is 12.1. The molecule has 2 rings (SSSR count). The van der Waals surface area contributed by atoms with Crippen molar-refractivity contribution in [2.45, 2.75) is 45.2 Å². The summed E-state index contributed by atoms with van der Waals surface area (Å²) in [6, 6.07) is -0.0203. The van der Waals surface area contributed by atoms with Gasteiger partial charge in [0.05, 0.1) is 17.8 Å². The van der Waals surface area contributed by atoms with E-state index >= 15 is 0 Å². The van der Waals surface area contributed by atoms with Gasteiger partial charge in [0.2, 0.25) is 5.91 Å². The van der Waals surface area contributed by atoms with Crippen LogP contribution in [0.4, 0.5) is 0 Å². The van der Waals surface area contributed by atoms with Crippen LogP contribution in [0.3, 0.4) is 0 Å². The van der Waals surface area contributed by atoms with Crippen molar-refractivity contribution in [1.82, 2.24) is 20.4 Å². The van der Waals surface area contributed by atoms with Crippen molar-refractivity contribution in [3.63, 3.8) is 0 Å². The molecule has 0 unspecified atom stereocenters. The number of carbonyl (C=O) groups excluding carboxylic acids is 1. The highest BCUT2D eigenvalue weighted by Gasteiger charge is 2.23. The standard InChI is InChI=1S/C13H22N4O/c1-9(11-8-17(3)16-10(11)2)15-13(18)12-6-4-5-7-14-12/h8-9,12,14H,4-7H2,1-3H3,(H,15,18)/t9-,12+/m1/s1. The molecule has 2 atom stereocenters. The van der Waals surface area contributed by atoms with Gasteiger partial charge in [-0.1, -0.05) is 6.42 Å². The number of hydrogen-bond donors (Lipinski definition) is 2. The second-order valence-electron chi connectivity index (χ2n) is 5.08. The van der Waals surface area contributed by atoms with Crippen molar-refractivity contribution in [2.75, 3.05) is 6.54 Å². The van der Waals surface area contributed by atoms with Crippen LogP contribution >= 0.6 is 0 Å². The van der Waals surface area contributed by atoms with Crippen molar-refractivity contribution >= 4 is 5.91 Å². The largest absolute Gasteiger partial charge is 0.348 e. The van der Waals surface area contributed by atoms with E-state index in [1.807, 2.05) is 27.1 Å². The van der Waals surface area contributed by atoms with Crippen molar-refractivity contribution in [3.05, 3.63) is 17.5 Å². The maximum Gasteiger partial charge on any atom is 0.237 e. The zero-order chi connectivity index (χ0) is 13.1. The molecular formula is C13H22N4O. The third-order valence-corrected chi connectivity index (χ3v) is 3.50. The Bertz CT molecular complexity index is 421. The molecule has 5 nitrogen and oxygen atoms in total. The van der Waals surface area contributed by atoms with Gasteiger partial charge in [0.1, 0.15) is 0 Å². The van der Waals surface area contributed by atoms with Gasteiger partial charge in [-0.3, -0.25) is 9.48 Å². The molecule has 0 bridgehead atoms. The normalized spacial score (nSPS) is 21.6. The summed E-state index contributed by atoms with van der Waals surface area (Å²) >= 11 is 0. The number of amides is 1. The molecular weight excluding hydrogens is 228 g/mol. The Kier molecular flexibility index (Phi) is 4.01. The first-order valence-electron chi connectivity index (χ1n) is 6.62. The maximum absolute atomic E-state index is 12.1. The van der Waals surface area contributed by atoms with Crippen LogP contribution in [-0.2, 0) is 11.8 Å². The van der Waals surface area contributed by atoms with Gasteiger partial charge >= 0.3 is 0 Å². The van der Waals surface area contributed by atoms with E-state index in [1.54, 1.807) is 4.68 Å². The van der Waals surface area contributed by atoms with Gasteiger partial charge < -0.3 is 10.6 Å². The summed E-state index contributed by atoms with van der Waals surface area (Å²) < 4.78 is 1.78. The fraction of sp³-hybridized carbons (Fsp3) is 0.692. The average Bonchev–Trinajstić information content (AvgIpc) is 2.69. The second-order valence-corrected chi connectivity index (χ2v) is 5.08. The number of aromatic nitrogens is 2. The number of rotatable bonds is 3. The minimum Gasteiger partial charge on any atom is -0.348 e. The molecule has 1 fully saturated rings. The molecule has 1 aliphatic rings. The van der Waals surface area contributed by atoms with Crippen molar-refractivity contribution in [3.8, 4) is 0 Å². The summed E-state index contributed by atoms with van der Waals surface area (Å²) in [6.45, 7) is 4.92. The molecule has 1 aromatic heterocycles. The molecule has 1 amide bonds. The Morgan fingerprint density at radius 3 is 2.94 bits per heavy atom. The van der Waals surface area contributed by atoms with Gasteiger partial charge in [0.25, 0.3) is 0 Å². The highest BCUT2D eigenvalue weighted by atomic mass is 16.2. The predicted molar refractivity (Wildman–Crippen MR) is 70.1 cm³/mol. The Labute approximate surface area is 108 Å². The number of nitrogens with one attached hydrogen (secondary N) is 2. The van der Waals surface area contributed by atoms with Gasteiger partial charge in [-0.15, -0.1) is 0 Å². The smallest absolute Gasteiger partial charge is 0.237 e. The number of carbonyl (C=O) groups is 1. The zero-order valence-electron chi connectivity index (χ0n) is 11.4. The Balaban J connectivity index is 1.96. The van der Waals surface area contributed by atoms with Gasteiger partial charge in [0, 0.05) is 18.8 Å².